The van der Waals surface area contributed by atoms with E-state index in [-0.39, 0.29) is 24.6 Å². The van der Waals surface area contributed by atoms with Gasteiger partial charge in [0.25, 0.3) is 5.91 Å². The first-order chi connectivity index (χ1) is 12.8. The number of urea groups is 1. The molecule has 0 aliphatic carbocycles. The van der Waals surface area contributed by atoms with Crippen LogP contribution in [0.3, 0.4) is 0 Å². The van der Waals surface area contributed by atoms with Gasteiger partial charge in [-0.3, -0.25) is 14.5 Å². The number of ether oxygens (including phenoxy) is 3. The van der Waals surface area contributed by atoms with Crippen molar-refractivity contribution in [2.45, 2.75) is 20.3 Å². The van der Waals surface area contributed by atoms with Crippen molar-refractivity contribution in [2.24, 2.45) is 5.92 Å². The molecule has 146 valence electrons. The minimum Gasteiger partial charge on any atom is -0.493 e. The summed E-state index contributed by atoms with van der Waals surface area (Å²) in [7, 11) is 3.04. The fourth-order valence-electron chi connectivity index (χ4n) is 2.42. The number of nitrogens with one attached hydrogen (secondary N) is 1. The topological polar surface area (TPSA) is 94.2 Å². The maximum Gasteiger partial charge on any atom is 0.329 e. The molecule has 2 rings (SSSR count). The quantitative estimate of drug-likeness (QED) is 0.425. The summed E-state index contributed by atoms with van der Waals surface area (Å²) in [6.07, 6.45) is 1.49. The van der Waals surface area contributed by atoms with E-state index in [1.165, 1.54) is 14.2 Å². The van der Waals surface area contributed by atoms with Crippen molar-refractivity contribution in [3.63, 3.8) is 0 Å². The van der Waals surface area contributed by atoms with Gasteiger partial charge in [-0.15, -0.1) is 0 Å². The Labute approximate surface area is 158 Å². The van der Waals surface area contributed by atoms with Crippen LogP contribution in [-0.2, 0) is 14.3 Å². The Hall–Kier alpha value is -3.03. The first-order valence-electron chi connectivity index (χ1n) is 8.58. The van der Waals surface area contributed by atoms with E-state index < -0.39 is 17.9 Å². The highest BCUT2D eigenvalue weighted by Gasteiger charge is 2.33. The molecule has 3 amide bonds. The predicted molar refractivity (Wildman–Crippen MR) is 98.2 cm³/mol. The Morgan fingerprint density at radius 3 is 2.52 bits per heavy atom. The first kappa shape index (κ1) is 20.3. The van der Waals surface area contributed by atoms with Gasteiger partial charge in [0.15, 0.2) is 11.5 Å². The molecule has 1 aliphatic heterocycles. The number of carbonyl (C=O) groups is 3. The van der Waals surface area contributed by atoms with E-state index in [1.807, 2.05) is 13.8 Å². The fraction of sp³-hybridized carbons (Fsp3) is 0.421. The molecule has 8 heteroatoms. The number of amides is 3. The maximum atomic E-state index is 12.4. The molecular formula is C19H24N2O6. The van der Waals surface area contributed by atoms with E-state index in [0.29, 0.717) is 23.7 Å². The number of rotatable bonds is 8. The number of nitrogens with zero attached hydrogens (tertiary/aromatic N) is 1. The minimum absolute atomic E-state index is 0.0368. The molecule has 1 saturated heterocycles. The van der Waals surface area contributed by atoms with E-state index in [0.717, 1.165) is 4.90 Å². The molecule has 0 saturated carbocycles. The van der Waals surface area contributed by atoms with Crippen LogP contribution >= 0.6 is 0 Å². The summed E-state index contributed by atoms with van der Waals surface area (Å²) >= 11 is 0. The lowest BCUT2D eigenvalue weighted by atomic mass is 10.1. The molecule has 1 N–H and O–H groups in total. The summed E-state index contributed by atoms with van der Waals surface area (Å²) in [6.45, 7) is 4.13. The van der Waals surface area contributed by atoms with Crippen molar-refractivity contribution in [1.29, 1.82) is 0 Å². The van der Waals surface area contributed by atoms with Gasteiger partial charge in [-0.1, -0.05) is 19.9 Å². The molecule has 0 atom stereocenters. The number of methoxy groups -OCH3 is 2. The zero-order valence-corrected chi connectivity index (χ0v) is 15.9. The van der Waals surface area contributed by atoms with Gasteiger partial charge in [0, 0.05) is 6.54 Å². The van der Waals surface area contributed by atoms with Crippen molar-refractivity contribution in [2.75, 3.05) is 27.4 Å². The Kier molecular flexibility index (Phi) is 6.81. The highest BCUT2D eigenvalue weighted by atomic mass is 16.5. The van der Waals surface area contributed by atoms with Crippen LogP contribution in [-0.4, -0.2) is 50.2 Å². The molecule has 27 heavy (non-hydrogen) atoms. The van der Waals surface area contributed by atoms with E-state index in [4.69, 9.17) is 14.2 Å². The van der Waals surface area contributed by atoms with Crippen LogP contribution in [0.2, 0.25) is 0 Å². The van der Waals surface area contributed by atoms with Crippen molar-refractivity contribution >= 4 is 24.0 Å². The van der Waals surface area contributed by atoms with Gasteiger partial charge in [0.2, 0.25) is 0 Å². The number of hydrogen-bond donors (Lipinski definition) is 1. The molecule has 0 bridgehead atoms. The second-order valence-electron chi connectivity index (χ2n) is 6.39. The van der Waals surface area contributed by atoms with Crippen LogP contribution in [0.25, 0.3) is 6.08 Å². The van der Waals surface area contributed by atoms with E-state index in [2.05, 4.69) is 5.32 Å². The largest absolute Gasteiger partial charge is 0.493 e. The van der Waals surface area contributed by atoms with Gasteiger partial charge in [0.1, 0.15) is 5.70 Å². The smallest absolute Gasteiger partial charge is 0.329 e. The van der Waals surface area contributed by atoms with Gasteiger partial charge in [0.05, 0.1) is 27.2 Å². The minimum atomic E-state index is -0.566. The molecule has 1 fully saturated rings. The zero-order valence-electron chi connectivity index (χ0n) is 15.9. The number of imide groups is 1. The molecule has 0 aromatic heterocycles. The van der Waals surface area contributed by atoms with Crippen molar-refractivity contribution in [3.05, 3.63) is 29.5 Å². The second-order valence-corrected chi connectivity index (χ2v) is 6.39. The normalized spacial score (nSPS) is 15.3. The molecule has 1 aliphatic rings. The van der Waals surface area contributed by atoms with Crippen molar-refractivity contribution in [1.82, 2.24) is 10.2 Å². The van der Waals surface area contributed by atoms with E-state index in [1.54, 1.807) is 24.3 Å². The van der Waals surface area contributed by atoms with Crippen LogP contribution in [0, 0.1) is 5.92 Å². The summed E-state index contributed by atoms with van der Waals surface area (Å²) in [6, 6.07) is 4.56. The third kappa shape index (κ3) is 5.22. The fourth-order valence-corrected chi connectivity index (χ4v) is 2.42. The molecule has 1 aromatic rings. The standard InChI is InChI=1S/C19H24N2O6/c1-12(2)11-27-17(22)7-8-21-18(23)14(20-19(21)24)9-13-5-6-15(25-3)16(10-13)26-4/h5-6,9-10,12H,7-8,11H2,1-4H3,(H,20,24)/b14-9+. The monoisotopic (exact) mass is 376 g/mol. The van der Waals surface area contributed by atoms with Crippen LogP contribution in [0.5, 0.6) is 11.5 Å². The zero-order chi connectivity index (χ0) is 20.0. The lowest BCUT2D eigenvalue weighted by Crippen LogP contribution is -2.33. The Bertz CT molecular complexity index is 757. The SMILES string of the molecule is COc1ccc(/C=C2/NC(=O)N(CCC(=O)OCC(C)C)C2=O)cc1OC. The summed E-state index contributed by atoms with van der Waals surface area (Å²) < 4.78 is 15.5. The van der Waals surface area contributed by atoms with Gasteiger partial charge >= 0.3 is 12.0 Å². The van der Waals surface area contributed by atoms with Crippen molar-refractivity contribution in [3.8, 4) is 11.5 Å². The number of esters is 1. The summed E-state index contributed by atoms with van der Waals surface area (Å²) in [5, 5.41) is 2.52. The lowest BCUT2D eigenvalue weighted by molar-refractivity contribution is -0.145. The summed E-state index contributed by atoms with van der Waals surface area (Å²) in [4.78, 5) is 37.2. The summed E-state index contributed by atoms with van der Waals surface area (Å²) in [5.74, 6) is 0.353. The highest BCUT2D eigenvalue weighted by Crippen LogP contribution is 2.28. The molecule has 8 nitrogen and oxygen atoms in total. The van der Waals surface area contributed by atoms with Crippen LogP contribution in [0.1, 0.15) is 25.8 Å². The summed E-state index contributed by atoms with van der Waals surface area (Å²) in [5.41, 5.74) is 0.789. The number of carbonyl (C=O) groups excluding carboxylic acids is 3. The number of hydrogen-bond acceptors (Lipinski definition) is 6. The predicted octanol–water partition coefficient (Wildman–Crippen LogP) is 2.19. The third-order valence-corrected chi connectivity index (χ3v) is 3.80. The highest BCUT2D eigenvalue weighted by molar-refractivity contribution is 6.14. The van der Waals surface area contributed by atoms with Crippen molar-refractivity contribution < 1.29 is 28.6 Å². The third-order valence-electron chi connectivity index (χ3n) is 3.80. The molecule has 0 spiro atoms. The molecule has 1 heterocycles. The van der Waals surface area contributed by atoms with Gasteiger partial charge < -0.3 is 19.5 Å². The molecule has 0 unspecified atom stereocenters. The van der Waals surface area contributed by atoms with Crippen LogP contribution < -0.4 is 14.8 Å². The average Bonchev–Trinajstić information content (AvgIpc) is 2.91. The molecule has 1 aromatic carbocycles. The van der Waals surface area contributed by atoms with Gasteiger partial charge in [-0.2, -0.15) is 0 Å². The Balaban J connectivity index is 2.04. The van der Waals surface area contributed by atoms with E-state index in [9.17, 15) is 14.4 Å². The van der Waals surface area contributed by atoms with Gasteiger partial charge in [-0.25, -0.2) is 4.79 Å². The van der Waals surface area contributed by atoms with Crippen LogP contribution in [0.15, 0.2) is 23.9 Å². The Morgan fingerprint density at radius 2 is 1.89 bits per heavy atom. The first-order valence-corrected chi connectivity index (χ1v) is 8.58. The lowest BCUT2D eigenvalue weighted by Gasteiger charge is -2.12. The molecular weight excluding hydrogens is 352 g/mol. The average molecular weight is 376 g/mol. The van der Waals surface area contributed by atoms with Gasteiger partial charge in [-0.05, 0) is 29.7 Å². The maximum absolute atomic E-state index is 12.4. The Morgan fingerprint density at radius 1 is 1.19 bits per heavy atom. The number of benzene rings is 1. The van der Waals surface area contributed by atoms with E-state index >= 15 is 0 Å². The second kappa shape index (κ2) is 9.07. The molecule has 0 radical (unpaired) electrons. The van der Waals surface area contributed by atoms with Crippen LogP contribution in [0.4, 0.5) is 4.79 Å².